The van der Waals surface area contributed by atoms with Gasteiger partial charge in [0.05, 0.1) is 33.3 Å². The molecule has 4 heterocycles. The molecule has 0 unspecified atom stereocenters. The second kappa shape index (κ2) is 12.2. The third-order valence-electron chi connectivity index (χ3n) is 12.1. The lowest BCUT2D eigenvalue weighted by atomic mass is 9.97. The Hall–Kier alpha value is -8.02. The fourth-order valence-electron chi connectivity index (χ4n) is 9.50. The standard InChI is InChI=1S/C54H32N4O/c1-2-15-36(16-3-1)57-46-23-11-7-18-38(46)42-30-33(26-28-48(42)57)34-27-29-49-43(31-34)39-19-8-12-24-47(39)58(49)54-55-45-22-10-6-20-40(45)52(56-54)44-32-35-14-4-5-17-37(35)51-41-21-9-13-25-50(41)59-53(44)51/h1-32H. The van der Waals surface area contributed by atoms with Gasteiger partial charge in [-0.05, 0) is 88.6 Å². The molecule has 4 aromatic heterocycles. The Labute approximate surface area is 337 Å². The summed E-state index contributed by atoms with van der Waals surface area (Å²) in [4.78, 5) is 10.8. The first-order valence-corrected chi connectivity index (χ1v) is 20.0. The predicted octanol–water partition coefficient (Wildman–Crippen LogP) is 14.2. The molecular formula is C54H32N4O. The molecule has 0 amide bonds. The van der Waals surface area contributed by atoms with Crippen LogP contribution in [0.25, 0.3) is 121 Å². The lowest BCUT2D eigenvalue weighted by Gasteiger charge is -2.13. The van der Waals surface area contributed by atoms with Crippen molar-refractivity contribution in [1.82, 2.24) is 19.1 Å². The van der Waals surface area contributed by atoms with Crippen LogP contribution in [0.5, 0.6) is 0 Å². The zero-order valence-electron chi connectivity index (χ0n) is 31.7. The molecular weight excluding hydrogens is 721 g/mol. The van der Waals surface area contributed by atoms with Gasteiger partial charge in [0.2, 0.25) is 5.95 Å². The summed E-state index contributed by atoms with van der Waals surface area (Å²) in [6.07, 6.45) is 0. The van der Waals surface area contributed by atoms with Crippen molar-refractivity contribution in [2.75, 3.05) is 0 Å². The van der Waals surface area contributed by atoms with Crippen LogP contribution in [0.2, 0.25) is 0 Å². The van der Waals surface area contributed by atoms with E-state index in [9.17, 15) is 0 Å². The fourth-order valence-corrected chi connectivity index (χ4v) is 9.50. The molecule has 0 saturated carbocycles. The quantitative estimate of drug-likeness (QED) is 0.180. The summed E-state index contributed by atoms with van der Waals surface area (Å²) in [6, 6.07) is 68.9. The summed E-state index contributed by atoms with van der Waals surface area (Å²) in [6.45, 7) is 0. The molecule has 0 radical (unpaired) electrons. The third-order valence-corrected chi connectivity index (χ3v) is 12.1. The van der Waals surface area contributed by atoms with Crippen LogP contribution >= 0.6 is 0 Å². The molecule has 5 heteroatoms. The lowest BCUT2D eigenvalue weighted by molar-refractivity contribution is 0.670. The van der Waals surface area contributed by atoms with Crippen LogP contribution in [-0.4, -0.2) is 19.1 Å². The Morgan fingerprint density at radius 3 is 1.69 bits per heavy atom. The first-order chi connectivity index (χ1) is 29.3. The molecule has 274 valence electrons. The highest BCUT2D eigenvalue weighted by molar-refractivity contribution is 6.23. The molecule has 0 bridgehead atoms. The SMILES string of the molecule is c1ccc(-n2c3ccccc3c3cc(-c4ccc5c(c4)c4ccccc4n5-c4nc(-c5cc6ccccc6c6c5oc5ccccc56)c5ccccc5n4)ccc32)cc1. The van der Waals surface area contributed by atoms with Crippen molar-refractivity contribution in [2.45, 2.75) is 0 Å². The molecule has 0 fully saturated rings. The van der Waals surface area contributed by atoms with E-state index in [4.69, 9.17) is 14.4 Å². The minimum absolute atomic E-state index is 0.616. The van der Waals surface area contributed by atoms with E-state index in [-0.39, 0.29) is 0 Å². The van der Waals surface area contributed by atoms with E-state index in [1.54, 1.807) is 0 Å². The van der Waals surface area contributed by atoms with Crippen molar-refractivity contribution in [1.29, 1.82) is 0 Å². The van der Waals surface area contributed by atoms with Crippen LogP contribution in [0, 0.1) is 0 Å². The molecule has 0 N–H and O–H groups in total. The highest BCUT2D eigenvalue weighted by atomic mass is 16.3. The zero-order chi connectivity index (χ0) is 38.6. The van der Waals surface area contributed by atoms with Gasteiger partial charge in [0.15, 0.2) is 0 Å². The van der Waals surface area contributed by atoms with Gasteiger partial charge in [-0.15, -0.1) is 0 Å². The highest BCUT2D eigenvalue weighted by Crippen LogP contribution is 2.43. The van der Waals surface area contributed by atoms with Crippen molar-refractivity contribution < 1.29 is 4.42 Å². The van der Waals surface area contributed by atoms with Crippen LogP contribution < -0.4 is 0 Å². The molecule has 59 heavy (non-hydrogen) atoms. The number of furan rings is 1. The predicted molar refractivity (Wildman–Crippen MR) is 244 cm³/mol. The molecule has 0 spiro atoms. The average Bonchev–Trinajstić information content (AvgIpc) is 3.96. The van der Waals surface area contributed by atoms with E-state index in [1.165, 1.54) is 27.4 Å². The van der Waals surface area contributed by atoms with Crippen LogP contribution in [0.15, 0.2) is 199 Å². The number of para-hydroxylation sites is 5. The van der Waals surface area contributed by atoms with E-state index in [2.05, 4.69) is 185 Å². The van der Waals surface area contributed by atoms with Crippen molar-refractivity contribution in [3.63, 3.8) is 0 Å². The van der Waals surface area contributed by atoms with Crippen molar-refractivity contribution in [3.8, 4) is 34.0 Å². The number of rotatable bonds is 4. The van der Waals surface area contributed by atoms with E-state index < -0.39 is 0 Å². The Morgan fingerprint density at radius 2 is 0.949 bits per heavy atom. The third kappa shape index (κ3) is 4.67. The van der Waals surface area contributed by atoms with E-state index >= 15 is 0 Å². The summed E-state index contributed by atoms with van der Waals surface area (Å²) < 4.78 is 11.3. The fraction of sp³-hybridized carbons (Fsp3) is 0. The highest BCUT2D eigenvalue weighted by Gasteiger charge is 2.22. The monoisotopic (exact) mass is 752 g/mol. The number of aromatic nitrogens is 4. The molecule has 0 atom stereocenters. The maximum absolute atomic E-state index is 6.73. The van der Waals surface area contributed by atoms with Crippen LogP contribution in [0.1, 0.15) is 0 Å². The Kier molecular flexibility index (Phi) is 6.66. The van der Waals surface area contributed by atoms with Gasteiger partial charge in [0, 0.05) is 49.0 Å². The summed E-state index contributed by atoms with van der Waals surface area (Å²) >= 11 is 0. The number of hydrogen-bond acceptors (Lipinski definition) is 3. The minimum atomic E-state index is 0.616. The smallest absolute Gasteiger partial charge is 0.235 e. The van der Waals surface area contributed by atoms with Gasteiger partial charge >= 0.3 is 0 Å². The van der Waals surface area contributed by atoms with Gasteiger partial charge in [-0.3, -0.25) is 4.57 Å². The van der Waals surface area contributed by atoms with Gasteiger partial charge in [0.1, 0.15) is 11.2 Å². The number of fused-ring (bicyclic) bond motifs is 12. The molecule has 9 aromatic carbocycles. The summed E-state index contributed by atoms with van der Waals surface area (Å²) in [5.41, 5.74) is 12.3. The minimum Gasteiger partial charge on any atom is -0.455 e. The summed E-state index contributed by atoms with van der Waals surface area (Å²) in [7, 11) is 0. The lowest BCUT2D eigenvalue weighted by Crippen LogP contribution is -2.03. The summed E-state index contributed by atoms with van der Waals surface area (Å²) in [5, 5.41) is 10.2. The molecule has 0 aliphatic heterocycles. The molecule has 0 aliphatic rings. The molecule has 13 rings (SSSR count). The topological polar surface area (TPSA) is 48.8 Å². The van der Waals surface area contributed by atoms with Gasteiger partial charge < -0.3 is 8.98 Å². The Balaban J connectivity index is 1.03. The van der Waals surface area contributed by atoms with Crippen LogP contribution in [-0.2, 0) is 0 Å². The van der Waals surface area contributed by atoms with Gasteiger partial charge in [0.25, 0.3) is 0 Å². The molecule has 0 aliphatic carbocycles. The Morgan fingerprint density at radius 1 is 0.390 bits per heavy atom. The van der Waals surface area contributed by atoms with Crippen LogP contribution in [0.3, 0.4) is 0 Å². The molecule has 0 saturated heterocycles. The first-order valence-electron chi connectivity index (χ1n) is 20.0. The second-order valence-corrected chi connectivity index (χ2v) is 15.3. The largest absolute Gasteiger partial charge is 0.455 e. The van der Waals surface area contributed by atoms with E-state index in [0.29, 0.717) is 5.95 Å². The van der Waals surface area contributed by atoms with E-state index in [1.807, 2.05) is 18.2 Å². The van der Waals surface area contributed by atoms with Gasteiger partial charge in [-0.2, -0.15) is 0 Å². The normalized spacial score (nSPS) is 12.1. The van der Waals surface area contributed by atoms with Crippen LogP contribution in [0.4, 0.5) is 0 Å². The Bertz CT molecular complexity index is 3850. The zero-order valence-corrected chi connectivity index (χ0v) is 31.7. The van der Waals surface area contributed by atoms with Crippen molar-refractivity contribution in [3.05, 3.63) is 194 Å². The van der Waals surface area contributed by atoms with Crippen molar-refractivity contribution >= 4 is 87.2 Å². The van der Waals surface area contributed by atoms with Gasteiger partial charge in [-0.1, -0.05) is 127 Å². The maximum Gasteiger partial charge on any atom is 0.235 e. The molecule has 5 nitrogen and oxygen atoms in total. The average molecular weight is 753 g/mol. The maximum atomic E-state index is 6.73. The summed E-state index contributed by atoms with van der Waals surface area (Å²) in [5.74, 6) is 0.616. The number of benzene rings is 9. The van der Waals surface area contributed by atoms with Gasteiger partial charge in [-0.25, -0.2) is 9.97 Å². The number of nitrogens with zero attached hydrogens (tertiary/aromatic N) is 4. The first kappa shape index (κ1) is 32.1. The second-order valence-electron chi connectivity index (χ2n) is 15.3. The van der Waals surface area contributed by atoms with Crippen molar-refractivity contribution in [2.24, 2.45) is 0 Å². The number of hydrogen-bond donors (Lipinski definition) is 0. The van der Waals surface area contributed by atoms with E-state index in [0.717, 1.165) is 87.9 Å². The molecule has 13 aromatic rings.